The van der Waals surface area contributed by atoms with Crippen LogP contribution in [0.15, 0.2) is 60.7 Å². The summed E-state index contributed by atoms with van der Waals surface area (Å²) in [6, 6.07) is 21.0. The summed E-state index contributed by atoms with van der Waals surface area (Å²) in [6.07, 6.45) is 9.39. The second-order valence-corrected chi connectivity index (χ2v) is 12.8. The molecule has 7 nitrogen and oxygen atoms in total. The minimum Gasteiger partial charge on any atom is -0.480 e. The second-order valence-electron chi connectivity index (χ2n) is 12.8. The van der Waals surface area contributed by atoms with Gasteiger partial charge in [-0.3, -0.25) is 14.4 Å². The van der Waals surface area contributed by atoms with Gasteiger partial charge < -0.3 is 15.7 Å². The van der Waals surface area contributed by atoms with Crippen LogP contribution in [0, 0.1) is 5.92 Å². The Hall–Kier alpha value is -3.00. The van der Waals surface area contributed by atoms with Crippen LogP contribution in [-0.2, 0) is 17.9 Å². The third-order valence-electron chi connectivity index (χ3n) is 9.97. The van der Waals surface area contributed by atoms with Crippen LogP contribution in [0.4, 0.5) is 0 Å². The SMILES string of the molecule is CCn1nc(-c2ccc(CN)cc2)cc1C1CCN(C)CC1.O=C(O)[C@@H](C1CCCCC1)N1CCC(c2ccccc2)C1. The van der Waals surface area contributed by atoms with Gasteiger partial charge in [0.2, 0.25) is 0 Å². The molecule has 0 spiro atoms. The van der Waals surface area contributed by atoms with Gasteiger partial charge in [0.15, 0.2) is 0 Å². The van der Waals surface area contributed by atoms with Gasteiger partial charge in [0.05, 0.1) is 5.69 Å². The minimum atomic E-state index is -0.615. The molecule has 2 saturated heterocycles. The zero-order chi connectivity index (χ0) is 30.2. The van der Waals surface area contributed by atoms with E-state index in [1.54, 1.807) is 0 Å². The van der Waals surface area contributed by atoms with Crippen LogP contribution in [-0.4, -0.2) is 69.9 Å². The first-order valence-corrected chi connectivity index (χ1v) is 16.5. The predicted molar refractivity (Wildman–Crippen MR) is 174 cm³/mol. The lowest BCUT2D eigenvalue weighted by Crippen LogP contribution is -2.45. The molecular weight excluding hydrogens is 534 g/mol. The Labute approximate surface area is 258 Å². The van der Waals surface area contributed by atoms with Crippen LogP contribution in [0.5, 0.6) is 0 Å². The Morgan fingerprint density at radius 3 is 2.23 bits per heavy atom. The summed E-state index contributed by atoms with van der Waals surface area (Å²) in [5.74, 6) is 0.874. The number of hydrogen-bond donors (Lipinski definition) is 2. The molecule has 3 heterocycles. The largest absolute Gasteiger partial charge is 0.480 e. The van der Waals surface area contributed by atoms with Crippen LogP contribution in [0.1, 0.15) is 86.9 Å². The van der Waals surface area contributed by atoms with E-state index in [0.29, 0.717) is 24.3 Å². The number of aromatic nitrogens is 2. The average Bonchev–Trinajstić information content (AvgIpc) is 3.71. The summed E-state index contributed by atoms with van der Waals surface area (Å²) in [4.78, 5) is 16.4. The van der Waals surface area contributed by atoms with Crippen molar-refractivity contribution in [2.24, 2.45) is 11.7 Å². The van der Waals surface area contributed by atoms with Crippen molar-refractivity contribution >= 4 is 5.97 Å². The average molecular weight is 586 g/mol. The summed E-state index contributed by atoms with van der Waals surface area (Å²) in [5.41, 5.74) is 11.8. The van der Waals surface area contributed by atoms with Gasteiger partial charge in [0, 0.05) is 36.8 Å². The molecule has 0 radical (unpaired) electrons. The monoisotopic (exact) mass is 585 g/mol. The van der Waals surface area contributed by atoms with Crippen LogP contribution in [0.25, 0.3) is 11.3 Å². The lowest BCUT2D eigenvalue weighted by atomic mass is 9.83. The zero-order valence-corrected chi connectivity index (χ0v) is 26.2. The van der Waals surface area contributed by atoms with Crippen molar-refractivity contribution in [3.63, 3.8) is 0 Å². The number of nitrogens with zero attached hydrogens (tertiary/aromatic N) is 4. The quantitative estimate of drug-likeness (QED) is 0.321. The number of piperidine rings is 1. The van der Waals surface area contributed by atoms with Gasteiger partial charge in [-0.2, -0.15) is 5.10 Å². The summed E-state index contributed by atoms with van der Waals surface area (Å²) in [7, 11) is 2.21. The maximum atomic E-state index is 11.8. The second kappa shape index (κ2) is 15.1. The van der Waals surface area contributed by atoms with Gasteiger partial charge >= 0.3 is 5.97 Å². The van der Waals surface area contributed by atoms with Crippen LogP contribution < -0.4 is 5.73 Å². The smallest absolute Gasteiger partial charge is 0.321 e. The summed E-state index contributed by atoms with van der Waals surface area (Å²) >= 11 is 0. The Kier molecular flexibility index (Phi) is 11.1. The van der Waals surface area contributed by atoms with Crippen LogP contribution in [0.3, 0.4) is 0 Å². The number of carboxylic acids is 1. The van der Waals surface area contributed by atoms with E-state index in [9.17, 15) is 9.90 Å². The highest BCUT2D eigenvalue weighted by Crippen LogP contribution is 2.35. The molecule has 232 valence electrons. The number of carbonyl (C=O) groups is 1. The van der Waals surface area contributed by atoms with Crippen LogP contribution >= 0.6 is 0 Å². The van der Waals surface area contributed by atoms with Gasteiger partial charge in [-0.25, -0.2) is 0 Å². The van der Waals surface area contributed by atoms with E-state index in [0.717, 1.165) is 50.2 Å². The molecule has 3 aliphatic rings. The molecule has 0 bridgehead atoms. The molecule has 2 aliphatic heterocycles. The van der Waals surface area contributed by atoms with E-state index in [4.69, 9.17) is 10.8 Å². The van der Waals surface area contributed by atoms with Crippen molar-refractivity contribution < 1.29 is 9.90 Å². The van der Waals surface area contributed by atoms with E-state index in [2.05, 4.69) is 83.1 Å². The molecule has 2 aromatic carbocycles. The van der Waals surface area contributed by atoms with Crippen molar-refractivity contribution in [1.82, 2.24) is 19.6 Å². The van der Waals surface area contributed by atoms with Crippen molar-refractivity contribution in [3.05, 3.63) is 77.5 Å². The number of carboxylic acid groups (broad SMARTS) is 1. The highest BCUT2D eigenvalue weighted by Gasteiger charge is 2.38. The first-order chi connectivity index (χ1) is 21.0. The molecule has 0 amide bonds. The Bertz CT molecular complexity index is 1280. The minimum absolute atomic E-state index is 0.265. The highest BCUT2D eigenvalue weighted by molar-refractivity contribution is 5.74. The highest BCUT2D eigenvalue weighted by atomic mass is 16.4. The van der Waals surface area contributed by atoms with Gasteiger partial charge in [-0.15, -0.1) is 0 Å². The molecular formula is C36H51N5O2. The Balaban J connectivity index is 0.000000171. The first-order valence-electron chi connectivity index (χ1n) is 16.5. The molecule has 1 aliphatic carbocycles. The Morgan fingerprint density at radius 2 is 1.60 bits per heavy atom. The summed E-state index contributed by atoms with van der Waals surface area (Å²) < 4.78 is 2.18. The van der Waals surface area contributed by atoms with E-state index in [-0.39, 0.29) is 6.04 Å². The van der Waals surface area contributed by atoms with Gasteiger partial charge in [-0.1, -0.05) is 73.9 Å². The lowest BCUT2D eigenvalue weighted by molar-refractivity contribution is -0.145. The number of aryl methyl sites for hydroxylation is 1. The number of benzene rings is 2. The van der Waals surface area contributed by atoms with E-state index < -0.39 is 5.97 Å². The normalized spacial score (nSPS) is 21.3. The fraction of sp³-hybridized carbons (Fsp3) is 0.556. The molecule has 3 fully saturated rings. The number of rotatable bonds is 8. The third-order valence-corrected chi connectivity index (χ3v) is 9.97. The number of aliphatic carboxylic acids is 1. The maximum Gasteiger partial charge on any atom is 0.321 e. The topological polar surface area (TPSA) is 87.6 Å². The van der Waals surface area contributed by atoms with Crippen molar-refractivity contribution in [2.75, 3.05) is 33.2 Å². The maximum absolute atomic E-state index is 11.8. The summed E-state index contributed by atoms with van der Waals surface area (Å²) in [6.45, 7) is 7.88. The number of likely N-dealkylation sites (tertiary alicyclic amines) is 2. The van der Waals surface area contributed by atoms with Crippen LogP contribution in [0.2, 0.25) is 0 Å². The van der Waals surface area contributed by atoms with Gasteiger partial charge in [0.25, 0.3) is 0 Å². The summed E-state index contributed by atoms with van der Waals surface area (Å²) in [5, 5.41) is 14.5. The standard InChI is InChI=1S/C18H26N4.C18H25NO2/c1-3-22-18(16-8-10-21(2)11-9-16)12-17(20-22)15-6-4-14(13-19)5-7-15;20-18(21)17(15-9-5-2-6-10-15)19-12-11-16(13-19)14-7-3-1-4-8-14/h4-7,12,16H,3,8-11,13,19H2,1-2H3;1,3-4,7-8,15-17H,2,5-6,9-13H2,(H,20,21)/t;16?,17-/m.1/s1. The number of nitrogens with two attached hydrogens (primary N) is 1. The molecule has 1 unspecified atom stereocenters. The molecule has 7 heteroatoms. The molecule has 2 atom stereocenters. The molecule has 6 rings (SSSR count). The van der Waals surface area contributed by atoms with Gasteiger partial charge in [0.1, 0.15) is 6.04 Å². The van der Waals surface area contributed by atoms with E-state index in [1.165, 1.54) is 62.0 Å². The van der Waals surface area contributed by atoms with Gasteiger partial charge in [-0.05, 0) is 94.7 Å². The van der Waals surface area contributed by atoms with Crippen molar-refractivity contribution in [2.45, 2.75) is 89.3 Å². The fourth-order valence-corrected chi connectivity index (χ4v) is 7.41. The Morgan fingerprint density at radius 1 is 0.930 bits per heavy atom. The lowest BCUT2D eigenvalue weighted by Gasteiger charge is -2.33. The van der Waals surface area contributed by atoms with E-state index in [1.807, 2.05) is 6.07 Å². The molecule has 1 aromatic heterocycles. The molecule has 3 aromatic rings. The zero-order valence-electron chi connectivity index (χ0n) is 26.2. The van der Waals surface area contributed by atoms with Crippen molar-refractivity contribution in [1.29, 1.82) is 0 Å². The molecule has 43 heavy (non-hydrogen) atoms. The molecule has 3 N–H and O–H groups in total. The fourth-order valence-electron chi connectivity index (χ4n) is 7.41. The predicted octanol–water partition coefficient (Wildman–Crippen LogP) is 6.35. The first kappa shape index (κ1) is 31.4. The molecule has 1 saturated carbocycles. The third kappa shape index (κ3) is 7.94. The number of hydrogen-bond acceptors (Lipinski definition) is 5. The van der Waals surface area contributed by atoms with E-state index >= 15 is 0 Å². The van der Waals surface area contributed by atoms with Crippen molar-refractivity contribution in [3.8, 4) is 11.3 Å².